The van der Waals surface area contributed by atoms with Gasteiger partial charge >= 0.3 is 6.36 Å². The van der Waals surface area contributed by atoms with Gasteiger partial charge in [-0.3, -0.25) is 0 Å². The van der Waals surface area contributed by atoms with Gasteiger partial charge in [0.05, 0.1) is 6.61 Å². The van der Waals surface area contributed by atoms with Crippen LogP contribution >= 0.6 is 0 Å². The molecule has 6 heteroatoms. The minimum atomic E-state index is -4.67. The molecule has 1 aromatic carbocycles. The summed E-state index contributed by atoms with van der Waals surface area (Å²) in [6, 6.07) is 5.70. The van der Waals surface area contributed by atoms with Crippen molar-refractivity contribution in [3.63, 3.8) is 0 Å². The molecule has 0 heterocycles. The number of hydrogen-bond acceptors (Lipinski definition) is 3. The normalized spacial score (nSPS) is 11.5. The molecular weight excluding hydrogens is 223 g/mol. The highest BCUT2D eigenvalue weighted by atomic mass is 19.4. The molecule has 2 N–H and O–H groups in total. The number of ether oxygens (including phenoxy) is 1. The van der Waals surface area contributed by atoms with Crippen molar-refractivity contribution in [2.45, 2.75) is 12.9 Å². The molecule has 0 unspecified atom stereocenters. The Morgan fingerprint density at radius 3 is 2.69 bits per heavy atom. The van der Waals surface area contributed by atoms with E-state index in [4.69, 9.17) is 5.11 Å². The van der Waals surface area contributed by atoms with Crippen LogP contribution in [0.3, 0.4) is 0 Å². The van der Waals surface area contributed by atoms with E-state index < -0.39 is 6.36 Å². The summed E-state index contributed by atoms with van der Waals surface area (Å²) < 4.78 is 39.5. The Hall–Kier alpha value is -1.27. The summed E-state index contributed by atoms with van der Waals surface area (Å²) in [4.78, 5) is 0. The summed E-state index contributed by atoms with van der Waals surface area (Å²) >= 11 is 0. The first-order valence-electron chi connectivity index (χ1n) is 4.67. The Morgan fingerprint density at radius 2 is 2.06 bits per heavy atom. The summed E-state index contributed by atoms with van der Waals surface area (Å²) in [7, 11) is 0. The van der Waals surface area contributed by atoms with Crippen LogP contribution in [0.2, 0.25) is 0 Å². The fraction of sp³-hybridized carbons (Fsp3) is 0.400. The number of nitrogens with one attached hydrogen (secondary N) is 1. The number of aliphatic hydroxyl groups excluding tert-OH is 1. The Bertz CT molecular complexity index is 328. The van der Waals surface area contributed by atoms with Gasteiger partial charge < -0.3 is 15.2 Å². The van der Waals surface area contributed by atoms with Gasteiger partial charge in [0.1, 0.15) is 5.75 Å². The zero-order chi connectivity index (χ0) is 12.0. The average Bonchev–Trinajstić information content (AvgIpc) is 2.16. The third kappa shape index (κ3) is 4.99. The van der Waals surface area contributed by atoms with E-state index >= 15 is 0 Å². The minimum absolute atomic E-state index is 0.0151. The Balaban J connectivity index is 2.57. The number of halogens is 3. The van der Waals surface area contributed by atoms with Crippen LogP contribution in [0.1, 0.15) is 5.56 Å². The second kappa shape index (κ2) is 5.72. The Labute approximate surface area is 90.8 Å². The van der Waals surface area contributed by atoms with E-state index in [-0.39, 0.29) is 12.4 Å². The number of hydrogen-bond donors (Lipinski definition) is 2. The lowest BCUT2D eigenvalue weighted by atomic mass is 10.2. The first kappa shape index (κ1) is 12.8. The molecule has 0 aliphatic heterocycles. The van der Waals surface area contributed by atoms with Crippen LogP contribution in [-0.2, 0) is 6.54 Å². The summed E-state index contributed by atoms with van der Waals surface area (Å²) in [5, 5.41) is 11.4. The van der Waals surface area contributed by atoms with Gasteiger partial charge in [0.2, 0.25) is 0 Å². The van der Waals surface area contributed by atoms with Crippen molar-refractivity contribution in [1.82, 2.24) is 5.32 Å². The van der Waals surface area contributed by atoms with E-state index in [1.165, 1.54) is 18.2 Å². The van der Waals surface area contributed by atoms with Crippen LogP contribution in [-0.4, -0.2) is 24.6 Å². The first-order chi connectivity index (χ1) is 7.51. The van der Waals surface area contributed by atoms with E-state index in [9.17, 15) is 13.2 Å². The van der Waals surface area contributed by atoms with Gasteiger partial charge in [-0.1, -0.05) is 12.1 Å². The summed E-state index contributed by atoms with van der Waals surface area (Å²) in [5.74, 6) is -0.240. The molecule has 3 nitrogen and oxygen atoms in total. The summed E-state index contributed by atoms with van der Waals surface area (Å²) in [6.45, 7) is 0.763. The molecule has 0 aromatic heterocycles. The smallest absolute Gasteiger partial charge is 0.406 e. The quantitative estimate of drug-likeness (QED) is 0.763. The maximum absolute atomic E-state index is 11.9. The molecule has 0 saturated carbocycles. The average molecular weight is 235 g/mol. The number of alkyl halides is 3. The molecule has 0 saturated heterocycles. The zero-order valence-electron chi connectivity index (χ0n) is 8.42. The van der Waals surface area contributed by atoms with Gasteiger partial charge in [-0.25, -0.2) is 0 Å². The van der Waals surface area contributed by atoms with Crippen LogP contribution in [0.5, 0.6) is 5.75 Å². The van der Waals surface area contributed by atoms with Crippen molar-refractivity contribution < 1.29 is 23.0 Å². The molecule has 1 rings (SSSR count). The number of aliphatic hydroxyl groups is 1. The maximum atomic E-state index is 11.9. The number of benzene rings is 1. The van der Waals surface area contributed by atoms with Crippen molar-refractivity contribution in [2.75, 3.05) is 13.2 Å². The molecule has 0 atom stereocenters. The van der Waals surface area contributed by atoms with Gasteiger partial charge in [0, 0.05) is 13.1 Å². The van der Waals surface area contributed by atoms with Gasteiger partial charge in [0.25, 0.3) is 0 Å². The molecular formula is C10H12F3NO2. The van der Waals surface area contributed by atoms with Crippen LogP contribution in [0, 0.1) is 0 Å². The van der Waals surface area contributed by atoms with Gasteiger partial charge in [-0.2, -0.15) is 0 Å². The SMILES string of the molecule is OCCNCc1cccc(OC(F)(F)F)c1. The lowest BCUT2D eigenvalue weighted by Crippen LogP contribution is -2.19. The standard InChI is InChI=1S/C10H12F3NO2/c11-10(12,13)16-9-3-1-2-8(6-9)7-14-4-5-15/h1-3,6,14-15H,4-5,7H2. The minimum Gasteiger partial charge on any atom is -0.406 e. The Morgan fingerprint density at radius 1 is 1.31 bits per heavy atom. The highest BCUT2D eigenvalue weighted by Crippen LogP contribution is 2.23. The number of rotatable bonds is 5. The zero-order valence-corrected chi connectivity index (χ0v) is 8.42. The molecule has 0 bridgehead atoms. The molecule has 0 amide bonds. The van der Waals surface area contributed by atoms with Gasteiger partial charge in [-0.05, 0) is 17.7 Å². The molecule has 0 radical (unpaired) electrons. The largest absolute Gasteiger partial charge is 0.573 e. The lowest BCUT2D eigenvalue weighted by molar-refractivity contribution is -0.274. The predicted octanol–water partition coefficient (Wildman–Crippen LogP) is 1.67. The van der Waals surface area contributed by atoms with Gasteiger partial charge in [0.15, 0.2) is 0 Å². The summed E-state index contributed by atoms with van der Waals surface area (Å²) in [6.07, 6.45) is -4.67. The van der Waals surface area contributed by atoms with Crippen LogP contribution < -0.4 is 10.1 Å². The molecule has 0 fully saturated rings. The fourth-order valence-corrected chi connectivity index (χ4v) is 1.16. The van der Waals surface area contributed by atoms with Crippen molar-refractivity contribution in [2.24, 2.45) is 0 Å². The molecule has 16 heavy (non-hydrogen) atoms. The second-order valence-electron chi connectivity index (χ2n) is 3.10. The van der Waals surface area contributed by atoms with E-state index in [0.717, 1.165) is 0 Å². The monoisotopic (exact) mass is 235 g/mol. The maximum Gasteiger partial charge on any atom is 0.573 e. The van der Waals surface area contributed by atoms with Crippen molar-refractivity contribution >= 4 is 0 Å². The van der Waals surface area contributed by atoms with Crippen molar-refractivity contribution in [3.05, 3.63) is 29.8 Å². The molecule has 0 aliphatic rings. The van der Waals surface area contributed by atoms with E-state index in [2.05, 4.69) is 10.1 Å². The Kier molecular flexibility index (Phi) is 4.57. The van der Waals surface area contributed by atoms with Crippen LogP contribution in [0.4, 0.5) is 13.2 Å². The van der Waals surface area contributed by atoms with Crippen LogP contribution in [0.25, 0.3) is 0 Å². The lowest BCUT2D eigenvalue weighted by Gasteiger charge is -2.10. The molecule has 1 aromatic rings. The second-order valence-corrected chi connectivity index (χ2v) is 3.10. The highest BCUT2D eigenvalue weighted by molar-refractivity contribution is 5.28. The van der Waals surface area contributed by atoms with Gasteiger partial charge in [-0.15, -0.1) is 13.2 Å². The first-order valence-corrected chi connectivity index (χ1v) is 4.67. The molecule has 90 valence electrons. The topological polar surface area (TPSA) is 41.5 Å². The highest BCUT2D eigenvalue weighted by Gasteiger charge is 2.30. The predicted molar refractivity (Wildman–Crippen MR) is 51.9 cm³/mol. The van der Waals surface area contributed by atoms with Crippen molar-refractivity contribution in [3.8, 4) is 5.75 Å². The van der Waals surface area contributed by atoms with Crippen molar-refractivity contribution in [1.29, 1.82) is 0 Å². The van der Waals surface area contributed by atoms with E-state index in [1.54, 1.807) is 6.07 Å². The fourth-order valence-electron chi connectivity index (χ4n) is 1.16. The van der Waals surface area contributed by atoms with E-state index in [1.807, 2.05) is 0 Å². The molecule has 0 spiro atoms. The van der Waals surface area contributed by atoms with Crippen LogP contribution in [0.15, 0.2) is 24.3 Å². The molecule has 0 aliphatic carbocycles. The summed E-state index contributed by atoms with van der Waals surface area (Å²) in [5.41, 5.74) is 0.662. The third-order valence-electron chi connectivity index (χ3n) is 1.75. The third-order valence-corrected chi connectivity index (χ3v) is 1.75. The van der Waals surface area contributed by atoms with E-state index in [0.29, 0.717) is 18.7 Å².